The van der Waals surface area contributed by atoms with E-state index >= 15 is 0 Å². The van der Waals surface area contributed by atoms with E-state index in [9.17, 15) is 0 Å². The molecule has 1 aliphatic rings. The lowest BCUT2D eigenvalue weighted by Gasteiger charge is -2.18. The molecule has 0 spiro atoms. The molecule has 1 atom stereocenters. The highest BCUT2D eigenvalue weighted by atomic mass is 32.2. The van der Waals surface area contributed by atoms with Crippen molar-refractivity contribution >= 4 is 11.8 Å². The van der Waals surface area contributed by atoms with Crippen molar-refractivity contribution in [1.82, 2.24) is 0 Å². The third-order valence-corrected chi connectivity index (χ3v) is 2.10. The van der Waals surface area contributed by atoms with Crippen LogP contribution in [0.25, 0.3) is 0 Å². The third kappa shape index (κ3) is 1.67. The van der Waals surface area contributed by atoms with Gasteiger partial charge >= 0.3 is 0 Å². The smallest absolute Gasteiger partial charge is 0.0593 e. The normalized spacial score (nSPS) is 23.6. The Morgan fingerprint density at radius 1 is 1.75 bits per heavy atom. The van der Waals surface area contributed by atoms with Gasteiger partial charge in [0, 0.05) is 7.11 Å². The Bertz CT molecular complexity index is 59.5. The topological polar surface area (TPSA) is 9.23 Å². The minimum atomic E-state index is 0.455. The molecule has 1 fully saturated rings. The van der Waals surface area contributed by atoms with Crippen LogP contribution < -0.4 is 0 Å². The summed E-state index contributed by atoms with van der Waals surface area (Å²) in [6.07, 6.45) is 2.64. The van der Waals surface area contributed by atoms with Crippen LogP contribution in [0.3, 0.4) is 0 Å². The molecule has 1 unspecified atom stereocenters. The first-order valence-corrected chi connectivity index (χ1v) is 3.79. The predicted octanol–water partition coefficient (Wildman–Crippen LogP) is 1.57. The molecule has 46 valence electrons. The zero-order valence-corrected chi connectivity index (χ0v) is 5.83. The molecule has 0 aromatic heterocycles. The maximum Gasteiger partial charge on any atom is 0.0593 e. The van der Waals surface area contributed by atoms with E-state index in [0.717, 1.165) is 6.42 Å². The van der Waals surface area contributed by atoms with Gasteiger partial charge in [0.25, 0.3) is 0 Å². The molecule has 0 aromatic rings. The minimum Gasteiger partial charge on any atom is -0.381 e. The Morgan fingerprint density at radius 2 is 2.62 bits per heavy atom. The lowest BCUT2D eigenvalue weighted by atomic mass is 10.2. The lowest BCUT2D eigenvalue weighted by Crippen LogP contribution is -2.14. The Kier molecular flexibility index (Phi) is 2.70. The first kappa shape index (κ1) is 6.43. The van der Waals surface area contributed by atoms with Gasteiger partial charge in [-0.15, -0.1) is 0 Å². The van der Waals surface area contributed by atoms with Crippen LogP contribution in [0.4, 0.5) is 0 Å². The van der Waals surface area contributed by atoms with Crippen LogP contribution in [0.15, 0.2) is 0 Å². The molecular weight excluding hydrogens is 120 g/mol. The predicted molar refractivity (Wildman–Crippen MR) is 35.7 cm³/mol. The molecule has 0 amide bonds. The van der Waals surface area contributed by atoms with Crippen LogP contribution >= 0.6 is 11.8 Å². The van der Waals surface area contributed by atoms with Crippen LogP contribution in [0.1, 0.15) is 12.8 Å². The second-order valence-electron chi connectivity index (χ2n) is 1.84. The van der Waals surface area contributed by atoms with Gasteiger partial charge < -0.3 is 4.74 Å². The van der Waals surface area contributed by atoms with Gasteiger partial charge in [-0.2, -0.15) is 11.8 Å². The largest absolute Gasteiger partial charge is 0.381 e. The van der Waals surface area contributed by atoms with Crippen molar-refractivity contribution in [2.24, 2.45) is 0 Å². The lowest BCUT2D eigenvalue weighted by molar-refractivity contribution is 0.0999. The molecule has 2 heteroatoms. The molecule has 0 aliphatic carbocycles. The number of ether oxygens (including phenoxy) is 1. The van der Waals surface area contributed by atoms with Crippen molar-refractivity contribution < 1.29 is 4.74 Å². The number of hydrogen-bond acceptors (Lipinski definition) is 2. The van der Waals surface area contributed by atoms with Gasteiger partial charge in [0.05, 0.1) is 11.9 Å². The van der Waals surface area contributed by atoms with Crippen molar-refractivity contribution in [2.75, 3.05) is 12.9 Å². The van der Waals surface area contributed by atoms with Crippen LogP contribution in [0, 0.1) is 5.75 Å². The highest BCUT2D eigenvalue weighted by Gasteiger charge is 2.11. The standard InChI is InChI=1S/C6H10OS/c1-7-6-2-4-8-5-3-6/h6H,2-4H2,1H3. The molecule has 2 radical (unpaired) electrons. The SMILES string of the molecule is COC1C[C]SCC1. The summed E-state index contributed by atoms with van der Waals surface area (Å²) in [6, 6.07) is 0. The summed E-state index contributed by atoms with van der Waals surface area (Å²) < 4.78 is 5.12. The molecule has 1 heterocycles. The van der Waals surface area contributed by atoms with Crippen molar-refractivity contribution in [3.8, 4) is 0 Å². The van der Waals surface area contributed by atoms with Gasteiger partial charge in [-0.1, -0.05) is 0 Å². The van der Waals surface area contributed by atoms with Crippen LogP contribution in [0.2, 0.25) is 0 Å². The van der Waals surface area contributed by atoms with E-state index in [0.29, 0.717) is 6.10 Å². The first-order valence-electron chi connectivity index (χ1n) is 2.81. The highest BCUT2D eigenvalue weighted by molar-refractivity contribution is 8.01. The van der Waals surface area contributed by atoms with E-state index in [4.69, 9.17) is 4.74 Å². The molecule has 8 heavy (non-hydrogen) atoms. The van der Waals surface area contributed by atoms with Crippen molar-refractivity contribution in [3.05, 3.63) is 5.75 Å². The monoisotopic (exact) mass is 130 g/mol. The van der Waals surface area contributed by atoms with Gasteiger partial charge in [-0.3, -0.25) is 0 Å². The van der Waals surface area contributed by atoms with E-state index in [2.05, 4.69) is 5.75 Å². The molecule has 1 aliphatic heterocycles. The van der Waals surface area contributed by atoms with Gasteiger partial charge in [0.1, 0.15) is 0 Å². The van der Waals surface area contributed by atoms with Gasteiger partial charge in [-0.05, 0) is 18.6 Å². The summed E-state index contributed by atoms with van der Waals surface area (Å²) in [7, 11) is 1.77. The van der Waals surface area contributed by atoms with E-state index in [1.807, 2.05) is 0 Å². The maximum atomic E-state index is 5.12. The van der Waals surface area contributed by atoms with Crippen LogP contribution in [0.5, 0.6) is 0 Å². The van der Waals surface area contributed by atoms with E-state index in [-0.39, 0.29) is 0 Å². The van der Waals surface area contributed by atoms with Gasteiger partial charge in [-0.25, -0.2) is 0 Å². The number of thioether (sulfide) groups is 1. The second kappa shape index (κ2) is 3.36. The number of rotatable bonds is 1. The molecule has 0 saturated carbocycles. The summed E-state index contributed by atoms with van der Waals surface area (Å²) in [5.41, 5.74) is 0. The fraction of sp³-hybridized carbons (Fsp3) is 0.833. The quantitative estimate of drug-likeness (QED) is 0.533. The van der Waals surface area contributed by atoms with Crippen molar-refractivity contribution in [1.29, 1.82) is 0 Å². The molecule has 1 saturated heterocycles. The van der Waals surface area contributed by atoms with Crippen molar-refractivity contribution in [3.63, 3.8) is 0 Å². The Labute approximate surface area is 54.8 Å². The van der Waals surface area contributed by atoms with Crippen molar-refractivity contribution in [2.45, 2.75) is 18.9 Å². The summed E-state index contributed by atoms with van der Waals surface area (Å²) >= 11 is 1.78. The summed E-state index contributed by atoms with van der Waals surface area (Å²) in [5.74, 6) is 4.36. The molecule has 1 rings (SSSR count). The third-order valence-electron chi connectivity index (χ3n) is 1.29. The zero-order valence-electron chi connectivity index (χ0n) is 5.02. The fourth-order valence-corrected chi connectivity index (χ4v) is 1.55. The van der Waals surface area contributed by atoms with E-state index in [1.54, 1.807) is 18.9 Å². The summed E-state index contributed by atoms with van der Waals surface area (Å²) in [4.78, 5) is 0. The van der Waals surface area contributed by atoms with E-state index in [1.165, 1.54) is 12.2 Å². The van der Waals surface area contributed by atoms with Gasteiger partial charge in [0.2, 0.25) is 0 Å². The maximum absolute atomic E-state index is 5.12. The minimum absolute atomic E-state index is 0.455. The summed E-state index contributed by atoms with van der Waals surface area (Å²) in [5, 5.41) is 0. The summed E-state index contributed by atoms with van der Waals surface area (Å²) in [6.45, 7) is 0. The molecule has 1 nitrogen and oxygen atoms in total. The Hall–Kier alpha value is 0.310. The number of hydrogen-bond donors (Lipinski definition) is 0. The molecule has 0 bridgehead atoms. The molecule has 0 aromatic carbocycles. The average molecular weight is 130 g/mol. The van der Waals surface area contributed by atoms with Gasteiger partial charge in [0.15, 0.2) is 0 Å². The van der Waals surface area contributed by atoms with E-state index < -0.39 is 0 Å². The van der Waals surface area contributed by atoms with Crippen LogP contribution in [-0.4, -0.2) is 19.0 Å². The van der Waals surface area contributed by atoms with Crippen LogP contribution in [-0.2, 0) is 4.74 Å². The molecular formula is C6H10OS. The molecule has 0 N–H and O–H groups in total. The Balaban J connectivity index is 2.13. The highest BCUT2D eigenvalue weighted by Crippen LogP contribution is 2.22. The average Bonchev–Trinajstić information content (AvgIpc) is 1.90. The first-order chi connectivity index (χ1) is 3.93. The Morgan fingerprint density at radius 3 is 3.00 bits per heavy atom. The zero-order chi connectivity index (χ0) is 5.82. The number of methoxy groups -OCH3 is 1. The fourth-order valence-electron chi connectivity index (χ4n) is 0.718. The second-order valence-corrected chi connectivity index (χ2v) is 2.83.